The summed E-state index contributed by atoms with van der Waals surface area (Å²) in [5, 5.41) is 1.23. The summed E-state index contributed by atoms with van der Waals surface area (Å²) < 4.78 is 0. The van der Waals surface area contributed by atoms with Crippen molar-refractivity contribution in [1.82, 2.24) is 9.97 Å². The molecule has 0 fully saturated rings. The van der Waals surface area contributed by atoms with E-state index in [1.165, 1.54) is 0 Å². The zero-order valence-corrected chi connectivity index (χ0v) is 10.2. The number of halogens is 1. The highest BCUT2D eigenvalue weighted by atomic mass is 35.5. The highest BCUT2D eigenvalue weighted by Gasteiger charge is 2.08. The van der Waals surface area contributed by atoms with Crippen LogP contribution in [-0.2, 0) is 0 Å². The number of hydrogen-bond donors (Lipinski definition) is 1. The molecule has 0 aliphatic carbocycles. The Balaban J connectivity index is 2.31. The van der Waals surface area contributed by atoms with Crippen molar-refractivity contribution in [2.45, 2.75) is 0 Å². The third kappa shape index (κ3) is 1.89. The number of nitrogens with two attached hydrogens (primary N) is 1. The van der Waals surface area contributed by atoms with Crippen molar-refractivity contribution in [1.29, 1.82) is 0 Å². The van der Waals surface area contributed by atoms with Crippen LogP contribution in [0.2, 0.25) is 5.28 Å². The topological polar surface area (TPSA) is 51.8 Å². The standard InChI is InChI=1S/C14H10ClN3/c15-14-17-12-4-2-1-3-11(12)13(18-14)9-5-7-10(16)8-6-9/h1-8H,16H2. The number of anilines is 1. The fraction of sp³-hybridized carbons (Fsp3) is 0. The van der Waals surface area contributed by atoms with Crippen LogP contribution in [0.25, 0.3) is 22.2 Å². The van der Waals surface area contributed by atoms with Gasteiger partial charge in [0.05, 0.1) is 11.2 Å². The minimum Gasteiger partial charge on any atom is -0.399 e. The molecule has 0 aliphatic heterocycles. The van der Waals surface area contributed by atoms with Gasteiger partial charge < -0.3 is 5.73 Å². The van der Waals surface area contributed by atoms with Crippen LogP contribution in [0.5, 0.6) is 0 Å². The molecule has 3 rings (SSSR count). The van der Waals surface area contributed by atoms with Crippen LogP contribution in [0.15, 0.2) is 48.5 Å². The first-order chi connectivity index (χ1) is 8.74. The molecule has 0 unspecified atom stereocenters. The van der Waals surface area contributed by atoms with Gasteiger partial charge in [0.25, 0.3) is 0 Å². The molecule has 1 heterocycles. The number of para-hydroxylation sites is 1. The van der Waals surface area contributed by atoms with Gasteiger partial charge in [0, 0.05) is 16.6 Å². The predicted molar refractivity (Wildman–Crippen MR) is 74.4 cm³/mol. The van der Waals surface area contributed by atoms with Gasteiger partial charge in [-0.1, -0.05) is 30.3 Å². The van der Waals surface area contributed by atoms with E-state index in [1.54, 1.807) is 0 Å². The van der Waals surface area contributed by atoms with Crippen LogP contribution in [0.4, 0.5) is 5.69 Å². The maximum Gasteiger partial charge on any atom is 0.223 e. The number of aromatic nitrogens is 2. The van der Waals surface area contributed by atoms with Crippen LogP contribution >= 0.6 is 11.6 Å². The maximum atomic E-state index is 5.96. The number of nitrogen functional groups attached to an aromatic ring is 1. The lowest BCUT2D eigenvalue weighted by molar-refractivity contribution is 1.22. The first-order valence-electron chi connectivity index (χ1n) is 5.52. The summed E-state index contributed by atoms with van der Waals surface area (Å²) in [5.41, 5.74) is 9.05. The van der Waals surface area contributed by atoms with Crippen molar-refractivity contribution in [2.75, 3.05) is 5.73 Å². The van der Waals surface area contributed by atoms with Gasteiger partial charge in [-0.15, -0.1) is 0 Å². The molecule has 0 saturated heterocycles. The third-order valence-corrected chi connectivity index (χ3v) is 2.93. The minimum absolute atomic E-state index is 0.250. The minimum atomic E-state index is 0.250. The van der Waals surface area contributed by atoms with Crippen LogP contribution in [0, 0.1) is 0 Å². The second kappa shape index (κ2) is 4.27. The molecule has 3 aromatic rings. The van der Waals surface area contributed by atoms with Gasteiger partial charge in [0.1, 0.15) is 0 Å². The van der Waals surface area contributed by atoms with E-state index in [-0.39, 0.29) is 5.28 Å². The SMILES string of the molecule is Nc1ccc(-c2nc(Cl)nc3ccccc23)cc1. The number of fused-ring (bicyclic) bond motifs is 1. The highest BCUT2D eigenvalue weighted by Crippen LogP contribution is 2.27. The summed E-state index contributed by atoms with van der Waals surface area (Å²) >= 11 is 5.96. The Morgan fingerprint density at radius 1 is 0.889 bits per heavy atom. The van der Waals surface area contributed by atoms with Gasteiger partial charge in [-0.3, -0.25) is 0 Å². The third-order valence-electron chi connectivity index (χ3n) is 2.76. The number of nitrogens with zero attached hydrogens (tertiary/aromatic N) is 2. The van der Waals surface area contributed by atoms with Crippen LogP contribution < -0.4 is 5.73 Å². The lowest BCUT2D eigenvalue weighted by Gasteiger charge is -2.06. The molecule has 4 heteroatoms. The fourth-order valence-corrected chi connectivity index (χ4v) is 2.08. The van der Waals surface area contributed by atoms with Crippen molar-refractivity contribution >= 4 is 28.2 Å². The first kappa shape index (κ1) is 11.0. The second-order valence-corrected chi connectivity index (χ2v) is 4.32. The fourth-order valence-electron chi connectivity index (χ4n) is 1.91. The van der Waals surface area contributed by atoms with E-state index in [2.05, 4.69) is 9.97 Å². The summed E-state index contributed by atoms with van der Waals surface area (Å²) in [6.45, 7) is 0. The summed E-state index contributed by atoms with van der Waals surface area (Å²) in [6.07, 6.45) is 0. The molecule has 0 bridgehead atoms. The lowest BCUT2D eigenvalue weighted by atomic mass is 10.1. The van der Waals surface area contributed by atoms with Crippen molar-refractivity contribution in [3.05, 3.63) is 53.8 Å². The summed E-state index contributed by atoms with van der Waals surface area (Å²) in [6, 6.07) is 15.3. The summed E-state index contributed by atoms with van der Waals surface area (Å²) in [7, 11) is 0. The Morgan fingerprint density at radius 2 is 1.61 bits per heavy atom. The van der Waals surface area contributed by atoms with E-state index in [0.717, 1.165) is 27.8 Å². The number of hydrogen-bond acceptors (Lipinski definition) is 3. The average Bonchev–Trinajstić information content (AvgIpc) is 2.38. The Kier molecular flexibility index (Phi) is 2.61. The van der Waals surface area contributed by atoms with Crippen LogP contribution in [0.3, 0.4) is 0 Å². The molecule has 1 aromatic heterocycles. The number of benzene rings is 2. The van der Waals surface area contributed by atoms with Gasteiger partial charge in [-0.2, -0.15) is 0 Å². The van der Waals surface area contributed by atoms with Gasteiger partial charge in [-0.05, 0) is 29.8 Å². The van der Waals surface area contributed by atoms with E-state index in [1.807, 2.05) is 48.5 Å². The number of rotatable bonds is 1. The van der Waals surface area contributed by atoms with Crippen LogP contribution in [0.1, 0.15) is 0 Å². The van der Waals surface area contributed by atoms with Gasteiger partial charge >= 0.3 is 0 Å². The van der Waals surface area contributed by atoms with Gasteiger partial charge in [0.15, 0.2) is 0 Å². The molecule has 88 valence electrons. The zero-order valence-electron chi connectivity index (χ0n) is 9.47. The quantitative estimate of drug-likeness (QED) is 0.535. The monoisotopic (exact) mass is 255 g/mol. The van der Waals surface area contributed by atoms with E-state index in [0.29, 0.717) is 0 Å². The average molecular weight is 256 g/mol. The first-order valence-corrected chi connectivity index (χ1v) is 5.90. The highest BCUT2D eigenvalue weighted by molar-refractivity contribution is 6.28. The van der Waals surface area contributed by atoms with Crippen LogP contribution in [-0.4, -0.2) is 9.97 Å². The van der Waals surface area contributed by atoms with Gasteiger partial charge in [0.2, 0.25) is 5.28 Å². The smallest absolute Gasteiger partial charge is 0.223 e. The second-order valence-electron chi connectivity index (χ2n) is 3.98. The van der Waals surface area contributed by atoms with E-state index in [4.69, 9.17) is 17.3 Å². The molecule has 0 spiro atoms. The molecule has 0 aliphatic rings. The lowest BCUT2D eigenvalue weighted by Crippen LogP contribution is -1.91. The van der Waals surface area contributed by atoms with Crippen molar-refractivity contribution < 1.29 is 0 Å². The van der Waals surface area contributed by atoms with Crippen molar-refractivity contribution in [3.63, 3.8) is 0 Å². The summed E-state index contributed by atoms with van der Waals surface area (Å²) in [4.78, 5) is 8.52. The molecule has 3 nitrogen and oxygen atoms in total. The molecule has 2 N–H and O–H groups in total. The molecule has 18 heavy (non-hydrogen) atoms. The maximum absolute atomic E-state index is 5.96. The molecule has 0 amide bonds. The zero-order chi connectivity index (χ0) is 12.5. The molecular weight excluding hydrogens is 246 g/mol. The Hall–Kier alpha value is -2.13. The Morgan fingerprint density at radius 3 is 2.39 bits per heavy atom. The van der Waals surface area contributed by atoms with E-state index in [9.17, 15) is 0 Å². The summed E-state index contributed by atoms with van der Waals surface area (Å²) in [5.74, 6) is 0. The predicted octanol–water partition coefficient (Wildman–Crippen LogP) is 3.53. The normalized spacial score (nSPS) is 10.7. The molecular formula is C14H10ClN3. The van der Waals surface area contributed by atoms with E-state index >= 15 is 0 Å². The molecule has 0 saturated carbocycles. The van der Waals surface area contributed by atoms with E-state index < -0.39 is 0 Å². The molecule has 2 aromatic carbocycles. The van der Waals surface area contributed by atoms with Gasteiger partial charge in [-0.25, -0.2) is 9.97 Å². The Labute approximate surface area is 109 Å². The van der Waals surface area contributed by atoms with Crippen molar-refractivity contribution in [3.8, 4) is 11.3 Å². The molecule has 0 radical (unpaired) electrons. The molecule has 0 atom stereocenters. The van der Waals surface area contributed by atoms with Crippen molar-refractivity contribution in [2.24, 2.45) is 0 Å². The Bertz CT molecular complexity index is 708. The largest absolute Gasteiger partial charge is 0.399 e.